The number of aliphatic hydroxyl groups excluding tert-OH is 3. The molecule has 0 spiro atoms. The van der Waals surface area contributed by atoms with Crippen LogP contribution < -0.4 is 0 Å². The van der Waals surface area contributed by atoms with E-state index in [2.05, 4.69) is 40.7 Å². The van der Waals surface area contributed by atoms with Crippen LogP contribution in [0.5, 0.6) is 0 Å². The Balaban J connectivity index is 1.62. The van der Waals surface area contributed by atoms with Crippen molar-refractivity contribution in [2.45, 2.75) is 105 Å². The van der Waals surface area contributed by atoms with Crippen LogP contribution in [0.4, 0.5) is 0 Å². The number of carbonyl (C=O) groups is 1. The van der Waals surface area contributed by atoms with Gasteiger partial charge in [-0.1, -0.05) is 53.2 Å². The van der Waals surface area contributed by atoms with Gasteiger partial charge < -0.3 is 20.1 Å². The SMILES string of the molecule is COC(=O)[C@]12CC[C@@H](C)[C@H](C)[C@H]1C1=CC[C@@H]3[C@@]4(C)C[C@@H](O)[C@@H](O)[C@](C)(CO)[C@@H]4CC[C@@]3(C)[C@]1(C)CC2. The van der Waals surface area contributed by atoms with E-state index >= 15 is 0 Å². The zero-order valence-electron chi connectivity index (χ0n) is 23.6. The van der Waals surface area contributed by atoms with Crippen LogP contribution in [-0.4, -0.2) is 47.2 Å². The quantitative estimate of drug-likeness (QED) is 0.360. The largest absolute Gasteiger partial charge is 0.469 e. The van der Waals surface area contributed by atoms with Crippen molar-refractivity contribution in [3.63, 3.8) is 0 Å². The average molecular weight is 503 g/mol. The first-order chi connectivity index (χ1) is 16.8. The molecular weight excluding hydrogens is 452 g/mol. The van der Waals surface area contributed by atoms with Gasteiger partial charge in [-0.25, -0.2) is 0 Å². The summed E-state index contributed by atoms with van der Waals surface area (Å²) >= 11 is 0. The lowest BCUT2D eigenvalue weighted by atomic mass is 9.33. The Kier molecular flexibility index (Phi) is 6.15. The molecule has 0 heterocycles. The molecule has 4 fully saturated rings. The summed E-state index contributed by atoms with van der Waals surface area (Å²) in [6, 6.07) is 0. The molecule has 12 atom stereocenters. The Labute approximate surface area is 218 Å². The fraction of sp³-hybridized carbons (Fsp3) is 0.903. The molecule has 5 heteroatoms. The summed E-state index contributed by atoms with van der Waals surface area (Å²) in [5.74, 6) is 1.73. The first-order valence-corrected chi connectivity index (χ1v) is 14.5. The van der Waals surface area contributed by atoms with Crippen LogP contribution in [0.2, 0.25) is 0 Å². The third-order valence-electron chi connectivity index (χ3n) is 13.7. The second-order valence-electron chi connectivity index (χ2n) is 14.7. The van der Waals surface area contributed by atoms with Crippen molar-refractivity contribution in [2.24, 2.45) is 56.7 Å². The van der Waals surface area contributed by atoms with Gasteiger partial charge in [0, 0.05) is 5.41 Å². The fourth-order valence-corrected chi connectivity index (χ4v) is 11.2. The highest BCUT2D eigenvalue weighted by atomic mass is 16.5. The summed E-state index contributed by atoms with van der Waals surface area (Å²) in [5.41, 5.74) is 0.240. The topological polar surface area (TPSA) is 87.0 Å². The lowest BCUT2D eigenvalue weighted by Crippen LogP contribution is -2.68. The normalized spacial score (nSPS) is 56.4. The maximum Gasteiger partial charge on any atom is 0.312 e. The number of allylic oxidation sites excluding steroid dienone is 2. The number of hydrogen-bond acceptors (Lipinski definition) is 5. The van der Waals surface area contributed by atoms with Crippen molar-refractivity contribution in [3.8, 4) is 0 Å². The monoisotopic (exact) mass is 502 g/mol. The van der Waals surface area contributed by atoms with Crippen LogP contribution in [0, 0.1) is 56.7 Å². The molecule has 0 aromatic rings. The maximum absolute atomic E-state index is 13.4. The van der Waals surface area contributed by atoms with E-state index < -0.39 is 23.0 Å². The highest BCUT2D eigenvalue weighted by Gasteiger charge is 2.70. The number of ether oxygens (including phenoxy) is 1. The zero-order chi connectivity index (χ0) is 26.5. The first-order valence-electron chi connectivity index (χ1n) is 14.5. The van der Waals surface area contributed by atoms with E-state index in [0.29, 0.717) is 24.2 Å². The van der Waals surface area contributed by atoms with Crippen molar-refractivity contribution >= 4 is 5.97 Å². The van der Waals surface area contributed by atoms with Crippen LogP contribution in [-0.2, 0) is 9.53 Å². The summed E-state index contributed by atoms with van der Waals surface area (Å²) in [7, 11) is 1.56. The van der Waals surface area contributed by atoms with E-state index in [1.54, 1.807) is 7.11 Å². The van der Waals surface area contributed by atoms with Crippen LogP contribution >= 0.6 is 0 Å². The van der Waals surface area contributed by atoms with E-state index in [4.69, 9.17) is 4.74 Å². The van der Waals surface area contributed by atoms with Gasteiger partial charge in [-0.15, -0.1) is 0 Å². The van der Waals surface area contributed by atoms with Gasteiger partial charge in [0.05, 0.1) is 31.3 Å². The molecule has 0 aromatic heterocycles. The van der Waals surface area contributed by atoms with E-state index in [-0.39, 0.29) is 40.7 Å². The van der Waals surface area contributed by atoms with Crippen molar-refractivity contribution < 1.29 is 24.9 Å². The lowest BCUT2D eigenvalue weighted by molar-refractivity contribution is -0.244. The van der Waals surface area contributed by atoms with Crippen LogP contribution in [0.25, 0.3) is 0 Å². The van der Waals surface area contributed by atoms with Gasteiger partial charge in [0.25, 0.3) is 0 Å². The van der Waals surface area contributed by atoms with Crippen LogP contribution in [0.1, 0.15) is 92.9 Å². The standard InChI is InChI=1S/C31H50O5/c1-18-10-13-31(26(35)36-7)15-14-29(5)20(24(31)19(18)2)8-9-23-27(3)16-21(33)25(34)28(4,17-32)22(27)11-12-30(23,29)6/h8,18-19,21-25,32-34H,9-17H2,1-7H3/t18-,19+,21-,22-,23-,24+,25-,27+,28-,29-,30-,31+/m1/s1. The summed E-state index contributed by atoms with van der Waals surface area (Å²) in [4.78, 5) is 13.4. The van der Waals surface area contributed by atoms with Crippen molar-refractivity contribution in [1.29, 1.82) is 0 Å². The van der Waals surface area contributed by atoms with Gasteiger partial charge in [-0.05, 0) is 97.2 Å². The Bertz CT molecular complexity index is 945. The molecule has 0 amide bonds. The third-order valence-corrected chi connectivity index (χ3v) is 13.7. The number of esters is 1. The van der Waals surface area contributed by atoms with Gasteiger partial charge in [0.2, 0.25) is 0 Å². The average Bonchev–Trinajstić information content (AvgIpc) is 2.84. The number of hydrogen-bond donors (Lipinski definition) is 3. The smallest absolute Gasteiger partial charge is 0.312 e. The summed E-state index contributed by atoms with van der Waals surface area (Å²) < 4.78 is 5.48. The molecule has 5 rings (SSSR count). The second kappa shape index (κ2) is 8.29. The predicted molar refractivity (Wildman–Crippen MR) is 140 cm³/mol. The molecule has 5 nitrogen and oxygen atoms in total. The van der Waals surface area contributed by atoms with Gasteiger partial charge in [-0.3, -0.25) is 4.79 Å². The molecule has 0 unspecified atom stereocenters. The van der Waals surface area contributed by atoms with E-state index in [1.165, 1.54) is 5.57 Å². The van der Waals surface area contributed by atoms with E-state index in [1.807, 2.05) is 6.92 Å². The fourth-order valence-electron chi connectivity index (χ4n) is 11.2. The minimum absolute atomic E-state index is 0.0137. The molecule has 5 aliphatic carbocycles. The molecule has 36 heavy (non-hydrogen) atoms. The Morgan fingerprint density at radius 3 is 2.36 bits per heavy atom. The summed E-state index contributed by atoms with van der Waals surface area (Å²) in [5, 5.41) is 32.5. The minimum Gasteiger partial charge on any atom is -0.469 e. The number of fused-ring (bicyclic) bond motifs is 7. The van der Waals surface area contributed by atoms with Crippen LogP contribution in [0.15, 0.2) is 11.6 Å². The second-order valence-corrected chi connectivity index (χ2v) is 14.7. The molecule has 4 saturated carbocycles. The summed E-state index contributed by atoms with van der Waals surface area (Å²) in [6.45, 7) is 13.9. The third kappa shape index (κ3) is 3.03. The van der Waals surface area contributed by atoms with Crippen molar-refractivity contribution in [3.05, 3.63) is 11.6 Å². The summed E-state index contributed by atoms with van der Waals surface area (Å²) in [6.07, 6.45) is 8.18. The maximum atomic E-state index is 13.4. The van der Waals surface area contributed by atoms with Crippen molar-refractivity contribution in [1.82, 2.24) is 0 Å². The molecule has 0 aliphatic heterocycles. The van der Waals surface area contributed by atoms with E-state index in [9.17, 15) is 20.1 Å². The highest BCUT2D eigenvalue weighted by Crippen LogP contribution is 2.75. The molecule has 0 radical (unpaired) electrons. The number of carbonyl (C=O) groups excluding carboxylic acids is 1. The Morgan fingerprint density at radius 2 is 1.72 bits per heavy atom. The molecule has 0 aromatic carbocycles. The first kappa shape index (κ1) is 26.7. The number of rotatable bonds is 2. The Morgan fingerprint density at radius 1 is 1.03 bits per heavy atom. The zero-order valence-corrected chi connectivity index (χ0v) is 23.6. The molecule has 0 bridgehead atoms. The lowest BCUT2D eigenvalue weighted by Gasteiger charge is -2.71. The number of methoxy groups -OCH3 is 1. The molecule has 0 saturated heterocycles. The van der Waals surface area contributed by atoms with Gasteiger partial charge in [0.1, 0.15) is 0 Å². The van der Waals surface area contributed by atoms with Crippen molar-refractivity contribution in [2.75, 3.05) is 13.7 Å². The number of aliphatic hydroxyl groups is 3. The predicted octanol–water partition coefficient (Wildman–Crippen LogP) is 5.12. The minimum atomic E-state index is -0.893. The Hall–Kier alpha value is -0.910. The molecule has 204 valence electrons. The molecule has 3 N–H and O–H groups in total. The van der Waals surface area contributed by atoms with Gasteiger partial charge >= 0.3 is 5.97 Å². The molecule has 5 aliphatic rings. The van der Waals surface area contributed by atoms with Gasteiger partial charge in [0.15, 0.2) is 0 Å². The van der Waals surface area contributed by atoms with Gasteiger partial charge in [-0.2, -0.15) is 0 Å². The van der Waals surface area contributed by atoms with Crippen LogP contribution in [0.3, 0.4) is 0 Å². The molecular formula is C31H50O5. The highest BCUT2D eigenvalue weighted by molar-refractivity contribution is 5.78. The van der Waals surface area contributed by atoms with E-state index in [0.717, 1.165) is 44.9 Å².